The van der Waals surface area contributed by atoms with Crippen LogP contribution in [-0.4, -0.2) is 12.6 Å². The first kappa shape index (κ1) is 13.3. The number of carbonyl (C=O) groups excluding carboxylic acids is 1. The van der Waals surface area contributed by atoms with Crippen molar-refractivity contribution in [2.24, 2.45) is 5.73 Å². The number of esters is 1. The van der Waals surface area contributed by atoms with Crippen LogP contribution in [0.3, 0.4) is 0 Å². The van der Waals surface area contributed by atoms with E-state index in [0.29, 0.717) is 18.2 Å². The highest BCUT2D eigenvalue weighted by Gasteiger charge is 2.04. The molecule has 0 heterocycles. The van der Waals surface area contributed by atoms with Crippen LogP contribution < -0.4 is 5.73 Å². The average molecular weight is 233 g/mol. The molecule has 92 valence electrons. The Morgan fingerprint density at radius 3 is 2.76 bits per heavy atom. The monoisotopic (exact) mass is 233 g/mol. The number of benzene rings is 1. The summed E-state index contributed by atoms with van der Waals surface area (Å²) in [6.45, 7) is 6.35. The van der Waals surface area contributed by atoms with Crippen molar-refractivity contribution < 1.29 is 9.53 Å². The lowest BCUT2D eigenvalue weighted by Gasteiger charge is -2.08. The van der Waals surface area contributed by atoms with E-state index in [4.69, 9.17) is 10.5 Å². The molecule has 0 atom stereocenters. The van der Waals surface area contributed by atoms with Crippen molar-refractivity contribution >= 4 is 11.7 Å². The molecule has 0 saturated heterocycles. The zero-order chi connectivity index (χ0) is 12.8. The lowest BCUT2D eigenvalue weighted by molar-refractivity contribution is -0.137. The molecule has 0 aliphatic heterocycles. The van der Waals surface area contributed by atoms with Crippen LogP contribution in [0.5, 0.6) is 0 Å². The molecular formula is C14H19NO2. The predicted molar refractivity (Wildman–Crippen MR) is 69.3 cm³/mol. The molecular weight excluding hydrogens is 214 g/mol. The molecule has 0 unspecified atom stereocenters. The van der Waals surface area contributed by atoms with Crippen molar-refractivity contribution in [2.45, 2.75) is 26.7 Å². The highest BCUT2D eigenvalue weighted by atomic mass is 16.5. The molecule has 1 rings (SSSR count). The summed E-state index contributed by atoms with van der Waals surface area (Å²) in [5, 5.41) is 0. The third-order valence-corrected chi connectivity index (χ3v) is 2.45. The van der Waals surface area contributed by atoms with Crippen LogP contribution >= 0.6 is 0 Å². The zero-order valence-electron chi connectivity index (χ0n) is 10.6. The van der Waals surface area contributed by atoms with Crippen LogP contribution in [0.1, 0.15) is 37.8 Å². The number of carbonyl (C=O) groups is 1. The van der Waals surface area contributed by atoms with Gasteiger partial charge >= 0.3 is 5.97 Å². The van der Waals surface area contributed by atoms with E-state index in [1.807, 2.05) is 24.3 Å². The van der Waals surface area contributed by atoms with Gasteiger partial charge in [0.15, 0.2) is 0 Å². The largest absolute Gasteiger partial charge is 0.463 e. The van der Waals surface area contributed by atoms with Gasteiger partial charge in [0.2, 0.25) is 0 Å². The topological polar surface area (TPSA) is 52.3 Å². The van der Waals surface area contributed by atoms with Gasteiger partial charge in [-0.1, -0.05) is 32.0 Å². The average Bonchev–Trinajstić information content (AvgIpc) is 2.29. The lowest BCUT2D eigenvalue weighted by atomic mass is 10.00. The van der Waals surface area contributed by atoms with Crippen LogP contribution in [0.15, 0.2) is 30.3 Å². The number of hydrogen-bond acceptors (Lipinski definition) is 3. The molecule has 2 N–H and O–H groups in total. The lowest BCUT2D eigenvalue weighted by Crippen LogP contribution is -2.05. The zero-order valence-corrected chi connectivity index (χ0v) is 10.6. The van der Waals surface area contributed by atoms with E-state index in [9.17, 15) is 4.79 Å². The second-order valence-electron chi connectivity index (χ2n) is 4.13. The second kappa shape index (κ2) is 6.09. The molecule has 0 fully saturated rings. The van der Waals surface area contributed by atoms with Gasteiger partial charge in [-0.05, 0) is 30.0 Å². The number of rotatable bonds is 4. The van der Waals surface area contributed by atoms with Gasteiger partial charge in [-0.25, -0.2) is 4.79 Å². The maximum absolute atomic E-state index is 11.3. The Balaban J connectivity index is 2.92. The van der Waals surface area contributed by atoms with Crippen LogP contribution in [0, 0.1) is 0 Å². The maximum Gasteiger partial charge on any atom is 0.332 e. The van der Waals surface area contributed by atoms with Crippen molar-refractivity contribution in [3.8, 4) is 0 Å². The van der Waals surface area contributed by atoms with E-state index >= 15 is 0 Å². The van der Waals surface area contributed by atoms with Crippen LogP contribution in [0.25, 0.3) is 5.70 Å². The summed E-state index contributed by atoms with van der Waals surface area (Å²) in [7, 11) is 0. The molecule has 0 spiro atoms. The van der Waals surface area contributed by atoms with Crippen LogP contribution in [0.4, 0.5) is 0 Å². The van der Waals surface area contributed by atoms with Gasteiger partial charge in [0.25, 0.3) is 0 Å². The summed E-state index contributed by atoms with van der Waals surface area (Å²) < 4.78 is 4.82. The first-order chi connectivity index (χ1) is 8.04. The molecule has 3 heteroatoms. The highest BCUT2D eigenvalue weighted by Crippen LogP contribution is 2.18. The van der Waals surface area contributed by atoms with E-state index in [1.165, 1.54) is 11.6 Å². The van der Waals surface area contributed by atoms with Crippen molar-refractivity contribution in [1.29, 1.82) is 0 Å². The third kappa shape index (κ3) is 3.94. The SMILES string of the molecule is CCOC(=O)C=C(N)c1cccc(C(C)C)c1. The number of ether oxygens (including phenoxy) is 1. The minimum Gasteiger partial charge on any atom is -0.463 e. The number of hydrogen-bond donors (Lipinski definition) is 1. The molecule has 0 saturated carbocycles. The van der Waals surface area contributed by atoms with Gasteiger partial charge in [0, 0.05) is 11.8 Å². The predicted octanol–water partition coefficient (Wildman–Crippen LogP) is 2.67. The van der Waals surface area contributed by atoms with Gasteiger partial charge in [0.05, 0.1) is 6.61 Å². The van der Waals surface area contributed by atoms with Gasteiger partial charge in [-0.15, -0.1) is 0 Å². The molecule has 0 aliphatic rings. The molecule has 1 aromatic rings. The minimum absolute atomic E-state index is 0.356. The summed E-state index contributed by atoms with van der Waals surface area (Å²) in [5.41, 5.74) is 8.34. The summed E-state index contributed by atoms with van der Waals surface area (Å²) >= 11 is 0. The highest BCUT2D eigenvalue weighted by molar-refractivity contribution is 5.90. The van der Waals surface area contributed by atoms with Gasteiger partial charge in [0.1, 0.15) is 0 Å². The van der Waals surface area contributed by atoms with Crippen LogP contribution in [0.2, 0.25) is 0 Å². The smallest absolute Gasteiger partial charge is 0.332 e. The first-order valence-electron chi connectivity index (χ1n) is 5.78. The quantitative estimate of drug-likeness (QED) is 0.642. The van der Waals surface area contributed by atoms with Crippen LogP contribution in [-0.2, 0) is 9.53 Å². The van der Waals surface area contributed by atoms with E-state index in [2.05, 4.69) is 13.8 Å². The molecule has 0 radical (unpaired) electrons. The van der Waals surface area contributed by atoms with Gasteiger partial charge < -0.3 is 10.5 Å². The van der Waals surface area contributed by atoms with E-state index in [1.54, 1.807) is 6.92 Å². The van der Waals surface area contributed by atoms with Crippen molar-refractivity contribution in [2.75, 3.05) is 6.61 Å². The first-order valence-corrected chi connectivity index (χ1v) is 5.78. The molecule has 3 nitrogen and oxygen atoms in total. The fourth-order valence-corrected chi connectivity index (χ4v) is 1.47. The van der Waals surface area contributed by atoms with Gasteiger partial charge in [-0.2, -0.15) is 0 Å². The second-order valence-corrected chi connectivity index (χ2v) is 4.13. The number of nitrogens with two attached hydrogens (primary N) is 1. The van der Waals surface area contributed by atoms with Gasteiger partial charge in [-0.3, -0.25) is 0 Å². The molecule has 0 aliphatic carbocycles. The Kier molecular flexibility index (Phi) is 4.76. The summed E-state index contributed by atoms with van der Waals surface area (Å²) in [5.74, 6) is 0.0327. The Morgan fingerprint density at radius 2 is 2.18 bits per heavy atom. The summed E-state index contributed by atoms with van der Waals surface area (Å²) in [4.78, 5) is 11.3. The molecule has 0 bridgehead atoms. The normalized spacial score (nSPS) is 11.6. The Bertz CT molecular complexity index is 422. The minimum atomic E-state index is -0.403. The Labute approximate surface area is 102 Å². The van der Waals surface area contributed by atoms with Crippen molar-refractivity contribution in [3.63, 3.8) is 0 Å². The van der Waals surface area contributed by atoms with Crippen molar-refractivity contribution in [3.05, 3.63) is 41.5 Å². The van der Waals surface area contributed by atoms with E-state index < -0.39 is 5.97 Å². The maximum atomic E-state index is 11.3. The van der Waals surface area contributed by atoms with Crippen molar-refractivity contribution in [1.82, 2.24) is 0 Å². The van der Waals surface area contributed by atoms with E-state index in [0.717, 1.165) is 5.56 Å². The Morgan fingerprint density at radius 1 is 1.47 bits per heavy atom. The summed E-state index contributed by atoms with van der Waals surface area (Å²) in [6.07, 6.45) is 1.32. The molecule has 17 heavy (non-hydrogen) atoms. The third-order valence-electron chi connectivity index (χ3n) is 2.45. The molecule has 0 aromatic heterocycles. The van der Waals surface area contributed by atoms with E-state index in [-0.39, 0.29) is 0 Å². The standard InChI is InChI=1S/C14H19NO2/c1-4-17-14(16)9-13(15)12-7-5-6-11(8-12)10(2)3/h5-10H,4,15H2,1-3H3. The molecule has 1 aromatic carbocycles. The fraction of sp³-hybridized carbons (Fsp3) is 0.357. The Hall–Kier alpha value is -1.77. The fourth-order valence-electron chi connectivity index (χ4n) is 1.47. The summed E-state index contributed by atoms with van der Waals surface area (Å²) in [6, 6.07) is 7.87. The molecule has 0 amide bonds.